The van der Waals surface area contributed by atoms with Crippen molar-refractivity contribution in [1.82, 2.24) is 10.6 Å². The number of ether oxygens (including phenoxy) is 2. The highest BCUT2D eigenvalue weighted by Gasteiger charge is 2.02. The summed E-state index contributed by atoms with van der Waals surface area (Å²) in [4.78, 5) is 4.68. The van der Waals surface area contributed by atoms with Gasteiger partial charge in [-0.05, 0) is 36.6 Å². The number of guanidine groups is 1. The van der Waals surface area contributed by atoms with Crippen molar-refractivity contribution in [2.24, 2.45) is 4.99 Å². The molecule has 27 heavy (non-hydrogen) atoms. The van der Waals surface area contributed by atoms with Gasteiger partial charge in [-0.25, -0.2) is 4.99 Å². The van der Waals surface area contributed by atoms with Crippen LogP contribution in [0.15, 0.2) is 59.6 Å². The van der Waals surface area contributed by atoms with Crippen molar-refractivity contribution in [3.8, 4) is 5.75 Å². The lowest BCUT2D eigenvalue weighted by Crippen LogP contribution is -2.38. The molecule has 0 heterocycles. The number of nitrogens with zero attached hydrogens (tertiary/aromatic N) is 1. The van der Waals surface area contributed by atoms with Crippen LogP contribution in [0.1, 0.15) is 24.5 Å². The molecule has 0 bridgehead atoms. The Morgan fingerprint density at radius 1 is 0.963 bits per heavy atom. The molecular weight excluding hydrogens is 453 g/mol. The van der Waals surface area contributed by atoms with Crippen LogP contribution in [0.2, 0.25) is 0 Å². The van der Waals surface area contributed by atoms with Crippen molar-refractivity contribution in [2.75, 3.05) is 26.8 Å². The van der Waals surface area contributed by atoms with Crippen molar-refractivity contribution >= 4 is 29.9 Å². The van der Waals surface area contributed by atoms with Gasteiger partial charge in [0.05, 0.1) is 19.8 Å². The van der Waals surface area contributed by atoms with E-state index >= 15 is 0 Å². The average Bonchev–Trinajstić information content (AvgIpc) is 2.68. The van der Waals surface area contributed by atoms with Gasteiger partial charge in [0, 0.05) is 20.2 Å². The molecule has 2 N–H and O–H groups in total. The first-order valence-corrected chi connectivity index (χ1v) is 9.09. The molecule has 0 saturated carbocycles. The molecular formula is C21H30IN3O2. The normalized spacial score (nSPS) is 10.8. The molecule has 0 aliphatic rings. The molecule has 0 radical (unpaired) electrons. The number of halogens is 1. The van der Waals surface area contributed by atoms with Gasteiger partial charge in [-0.15, -0.1) is 24.0 Å². The molecule has 0 amide bonds. The van der Waals surface area contributed by atoms with Crippen LogP contribution in [0, 0.1) is 0 Å². The van der Waals surface area contributed by atoms with Gasteiger partial charge in [0.15, 0.2) is 5.96 Å². The summed E-state index contributed by atoms with van der Waals surface area (Å²) in [6, 6.07) is 18.1. The van der Waals surface area contributed by atoms with Crippen LogP contribution in [0.4, 0.5) is 0 Å². The second-order valence-electron chi connectivity index (χ2n) is 5.84. The number of methoxy groups -OCH3 is 1. The van der Waals surface area contributed by atoms with Crippen molar-refractivity contribution in [1.29, 1.82) is 0 Å². The van der Waals surface area contributed by atoms with Crippen molar-refractivity contribution in [3.05, 3.63) is 65.7 Å². The number of rotatable bonds is 10. The van der Waals surface area contributed by atoms with E-state index in [-0.39, 0.29) is 24.0 Å². The van der Waals surface area contributed by atoms with Crippen molar-refractivity contribution < 1.29 is 9.47 Å². The Morgan fingerprint density at radius 2 is 1.67 bits per heavy atom. The summed E-state index contributed by atoms with van der Waals surface area (Å²) in [5.41, 5.74) is 2.35. The van der Waals surface area contributed by atoms with Gasteiger partial charge in [0.2, 0.25) is 0 Å². The smallest absolute Gasteiger partial charge is 0.191 e. The summed E-state index contributed by atoms with van der Waals surface area (Å²) in [5.74, 6) is 1.72. The Hall–Kier alpha value is -1.80. The summed E-state index contributed by atoms with van der Waals surface area (Å²) in [5, 5.41) is 6.64. The molecule has 0 saturated heterocycles. The zero-order valence-electron chi connectivity index (χ0n) is 16.1. The summed E-state index contributed by atoms with van der Waals surface area (Å²) in [6.07, 6.45) is 0.902. The van der Waals surface area contributed by atoms with Gasteiger partial charge in [0.1, 0.15) is 5.75 Å². The zero-order chi connectivity index (χ0) is 18.5. The molecule has 5 nitrogen and oxygen atoms in total. The summed E-state index contributed by atoms with van der Waals surface area (Å²) < 4.78 is 11.0. The van der Waals surface area contributed by atoms with Crippen LogP contribution >= 0.6 is 24.0 Å². The number of benzene rings is 2. The van der Waals surface area contributed by atoms with Gasteiger partial charge in [0.25, 0.3) is 0 Å². The van der Waals surface area contributed by atoms with Crippen LogP contribution in [0.5, 0.6) is 5.75 Å². The molecule has 2 aromatic rings. The predicted molar refractivity (Wildman–Crippen MR) is 122 cm³/mol. The number of aliphatic imine (C=N–C) groups is 1. The van der Waals surface area contributed by atoms with Gasteiger partial charge in [-0.3, -0.25) is 0 Å². The molecule has 0 spiro atoms. The Balaban J connectivity index is 0.00000364. The van der Waals surface area contributed by atoms with Gasteiger partial charge >= 0.3 is 0 Å². The van der Waals surface area contributed by atoms with Gasteiger partial charge in [-0.2, -0.15) is 0 Å². The van der Waals surface area contributed by atoms with Crippen LogP contribution in [-0.2, 0) is 17.9 Å². The van der Waals surface area contributed by atoms with E-state index in [9.17, 15) is 0 Å². The molecule has 2 rings (SSSR count). The van der Waals surface area contributed by atoms with Crippen LogP contribution in [0.25, 0.3) is 0 Å². The minimum Gasteiger partial charge on any atom is -0.494 e. The highest BCUT2D eigenvalue weighted by molar-refractivity contribution is 14.0. The lowest BCUT2D eigenvalue weighted by molar-refractivity contribution is 0.184. The highest BCUT2D eigenvalue weighted by atomic mass is 127. The fourth-order valence-corrected chi connectivity index (χ4v) is 2.50. The first-order valence-electron chi connectivity index (χ1n) is 9.09. The van der Waals surface area contributed by atoms with E-state index in [0.29, 0.717) is 19.8 Å². The number of nitrogens with one attached hydrogen (secondary N) is 2. The average molecular weight is 483 g/mol. The minimum atomic E-state index is 0. The molecule has 148 valence electrons. The van der Waals surface area contributed by atoms with E-state index in [1.54, 1.807) is 7.11 Å². The van der Waals surface area contributed by atoms with E-state index in [2.05, 4.69) is 34.7 Å². The molecule has 6 heteroatoms. The lowest BCUT2D eigenvalue weighted by atomic mass is 10.1. The van der Waals surface area contributed by atoms with Crippen LogP contribution in [-0.4, -0.2) is 32.8 Å². The van der Waals surface area contributed by atoms with Crippen molar-refractivity contribution in [2.45, 2.75) is 26.5 Å². The van der Waals surface area contributed by atoms with E-state index in [1.807, 2.05) is 42.5 Å². The Morgan fingerprint density at radius 3 is 2.37 bits per heavy atom. The maximum absolute atomic E-state index is 5.71. The molecule has 0 aliphatic carbocycles. The highest BCUT2D eigenvalue weighted by Crippen LogP contribution is 2.11. The maximum Gasteiger partial charge on any atom is 0.191 e. The van der Waals surface area contributed by atoms with Crippen LogP contribution < -0.4 is 15.4 Å². The monoisotopic (exact) mass is 483 g/mol. The summed E-state index contributed by atoms with van der Waals surface area (Å²) >= 11 is 0. The zero-order valence-corrected chi connectivity index (χ0v) is 18.4. The molecule has 0 aliphatic heterocycles. The first kappa shape index (κ1) is 23.2. The van der Waals surface area contributed by atoms with E-state index in [4.69, 9.17) is 9.47 Å². The fourth-order valence-electron chi connectivity index (χ4n) is 2.50. The molecule has 0 unspecified atom stereocenters. The second kappa shape index (κ2) is 14.3. The molecule has 0 fully saturated rings. The summed E-state index contributed by atoms with van der Waals surface area (Å²) in [6.45, 7) is 5.59. The largest absolute Gasteiger partial charge is 0.494 e. The number of hydrogen-bond donors (Lipinski definition) is 2. The van der Waals surface area contributed by atoms with E-state index in [1.165, 1.54) is 11.1 Å². The maximum atomic E-state index is 5.71. The third kappa shape index (κ3) is 9.10. The molecule has 0 aromatic heterocycles. The fraction of sp³-hybridized carbons (Fsp3) is 0.381. The van der Waals surface area contributed by atoms with Crippen LogP contribution in [0.3, 0.4) is 0 Å². The SMILES string of the molecule is CCNC(=NCc1ccccc1COC)NCCCOc1ccccc1.I. The third-order valence-electron chi connectivity index (χ3n) is 3.80. The minimum absolute atomic E-state index is 0. The topological polar surface area (TPSA) is 54.9 Å². The first-order chi connectivity index (χ1) is 12.8. The summed E-state index contributed by atoms with van der Waals surface area (Å²) in [7, 11) is 1.71. The Bertz CT molecular complexity index is 665. The second-order valence-corrected chi connectivity index (χ2v) is 5.84. The van der Waals surface area contributed by atoms with Gasteiger partial charge < -0.3 is 20.1 Å². The number of para-hydroxylation sites is 1. The van der Waals surface area contributed by atoms with Gasteiger partial charge in [-0.1, -0.05) is 42.5 Å². The van der Waals surface area contributed by atoms with E-state index < -0.39 is 0 Å². The third-order valence-corrected chi connectivity index (χ3v) is 3.80. The Kier molecular flexibility index (Phi) is 12.3. The van der Waals surface area contributed by atoms with E-state index in [0.717, 1.165) is 31.2 Å². The molecule has 2 aromatic carbocycles. The quantitative estimate of drug-likeness (QED) is 0.233. The lowest BCUT2D eigenvalue weighted by Gasteiger charge is -2.12. The standard InChI is InChI=1S/C21H29N3O2.HI/c1-3-22-21(23-14-9-15-26-20-12-5-4-6-13-20)24-16-18-10-7-8-11-19(18)17-25-2;/h4-8,10-13H,3,9,14-17H2,1-2H3,(H2,22,23,24);1H. The van der Waals surface area contributed by atoms with Crippen molar-refractivity contribution in [3.63, 3.8) is 0 Å². The Labute approximate surface area is 179 Å². The molecule has 0 atom stereocenters. The number of hydrogen-bond acceptors (Lipinski definition) is 3. The predicted octanol–water partition coefficient (Wildman–Crippen LogP) is 3.98.